The Labute approximate surface area is 115 Å². The third-order valence-electron chi connectivity index (χ3n) is 2.46. The molecular formula is C10H16N4O5Si. The number of aromatic nitrogens is 4. The first-order valence-corrected chi connectivity index (χ1v) is 7.85. The molecule has 0 saturated carbocycles. The summed E-state index contributed by atoms with van der Waals surface area (Å²) in [4.78, 5) is 48.1. The van der Waals surface area contributed by atoms with E-state index in [9.17, 15) is 14.4 Å². The van der Waals surface area contributed by atoms with Crippen molar-refractivity contribution >= 4 is 26.9 Å². The van der Waals surface area contributed by atoms with Gasteiger partial charge in [-0.1, -0.05) is 6.55 Å². The summed E-state index contributed by atoms with van der Waals surface area (Å²) in [6.45, 7) is 1.82. The number of imidazole rings is 1. The average Bonchev–Trinajstić information content (AvgIpc) is 2.78. The van der Waals surface area contributed by atoms with Gasteiger partial charge >= 0.3 is 11.7 Å². The topological polar surface area (TPSA) is 130 Å². The molecule has 0 aliphatic carbocycles. The molecule has 0 aliphatic rings. The normalized spacial score (nSPS) is 10.8. The predicted molar refractivity (Wildman–Crippen MR) is 74.5 cm³/mol. The molecule has 2 rings (SSSR count). The third kappa shape index (κ3) is 3.03. The highest BCUT2D eigenvalue weighted by atomic mass is 28.2. The second kappa shape index (κ2) is 6.30. The van der Waals surface area contributed by atoms with E-state index in [1.165, 1.54) is 18.7 Å². The van der Waals surface area contributed by atoms with Crippen molar-refractivity contribution in [2.24, 2.45) is 14.1 Å². The number of nitrogens with zero attached hydrogens (tertiary/aromatic N) is 3. The molecule has 2 heterocycles. The number of aromatic amines is 1. The van der Waals surface area contributed by atoms with Gasteiger partial charge in [-0.2, -0.15) is 0 Å². The zero-order valence-electron chi connectivity index (χ0n) is 11.4. The van der Waals surface area contributed by atoms with Gasteiger partial charge in [0.1, 0.15) is 17.8 Å². The minimum absolute atomic E-state index is 0.130. The summed E-state index contributed by atoms with van der Waals surface area (Å²) in [7, 11) is 2.23. The molecule has 0 bridgehead atoms. The van der Waals surface area contributed by atoms with Gasteiger partial charge in [0.15, 0.2) is 15.4 Å². The van der Waals surface area contributed by atoms with Crippen LogP contribution in [-0.4, -0.2) is 44.7 Å². The van der Waals surface area contributed by atoms with Gasteiger partial charge in [0.05, 0.1) is 0 Å². The molecule has 9 nitrogen and oxygen atoms in total. The fourth-order valence-corrected chi connectivity index (χ4v) is 1.60. The first-order chi connectivity index (χ1) is 9.33. The van der Waals surface area contributed by atoms with Crippen LogP contribution in [0.4, 0.5) is 0 Å². The molecule has 3 N–H and O–H groups in total. The Morgan fingerprint density at radius 2 is 1.90 bits per heavy atom. The Kier molecular flexibility index (Phi) is 4.99. The van der Waals surface area contributed by atoms with Crippen LogP contribution in [-0.2, 0) is 25.3 Å². The number of carboxylic acids is 1. The lowest BCUT2D eigenvalue weighted by molar-refractivity contribution is -0.136. The standard InChI is InChI=1S/C9H10N4O4.CH6OSi/c1-12-7-6(8(16)13(2)9(12)17)10-4(11-7)3-5(14)15;1-3-2/h3H2,1-2H3,(H,10,11)(H,14,15);2H,3H2,1H3. The van der Waals surface area contributed by atoms with Crippen LogP contribution in [0, 0.1) is 0 Å². The van der Waals surface area contributed by atoms with Crippen LogP contribution in [0.2, 0.25) is 6.55 Å². The molecular weight excluding hydrogens is 284 g/mol. The summed E-state index contributed by atoms with van der Waals surface area (Å²) in [6, 6.07) is 0. The van der Waals surface area contributed by atoms with Gasteiger partial charge in [0, 0.05) is 14.1 Å². The van der Waals surface area contributed by atoms with Crippen molar-refractivity contribution in [3.8, 4) is 0 Å². The summed E-state index contributed by atoms with van der Waals surface area (Å²) < 4.78 is 2.13. The summed E-state index contributed by atoms with van der Waals surface area (Å²) in [5.74, 6) is -0.920. The number of hydrogen-bond acceptors (Lipinski definition) is 5. The quantitative estimate of drug-likeness (QED) is 0.535. The first-order valence-electron chi connectivity index (χ1n) is 5.80. The monoisotopic (exact) mass is 300 g/mol. The molecule has 2 aromatic rings. The summed E-state index contributed by atoms with van der Waals surface area (Å²) in [5, 5.41) is 8.63. The summed E-state index contributed by atoms with van der Waals surface area (Å²) in [6.07, 6.45) is -0.327. The van der Waals surface area contributed by atoms with Gasteiger partial charge in [-0.3, -0.25) is 18.7 Å². The van der Waals surface area contributed by atoms with Gasteiger partial charge < -0.3 is 14.9 Å². The molecule has 20 heavy (non-hydrogen) atoms. The summed E-state index contributed by atoms with van der Waals surface area (Å²) in [5.41, 5.74) is -0.733. The molecule has 0 spiro atoms. The lowest BCUT2D eigenvalue weighted by Gasteiger charge is -2.00. The number of rotatable bonds is 2. The molecule has 0 saturated heterocycles. The summed E-state index contributed by atoms with van der Waals surface area (Å²) >= 11 is 0. The van der Waals surface area contributed by atoms with E-state index >= 15 is 0 Å². The van der Waals surface area contributed by atoms with E-state index in [4.69, 9.17) is 9.90 Å². The third-order valence-corrected chi connectivity index (χ3v) is 2.46. The van der Waals surface area contributed by atoms with E-state index in [0.29, 0.717) is 0 Å². The molecule has 10 heteroatoms. The second-order valence-electron chi connectivity index (χ2n) is 3.97. The lowest BCUT2D eigenvalue weighted by atomic mass is 10.4. The minimum Gasteiger partial charge on any atom is -0.481 e. The van der Waals surface area contributed by atoms with Crippen LogP contribution in [0.3, 0.4) is 0 Å². The van der Waals surface area contributed by atoms with Gasteiger partial charge in [0.2, 0.25) is 0 Å². The number of H-pyrrole nitrogens is 1. The van der Waals surface area contributed by atoms with Crippen molar-refractivity contribution in [3.63, 3.8) is 0 Å². The number of fused-ring (bicyclic) bond motifs is 1. The molecule has 0 unspecified atom stereocenters. The Balaban J connectivity index is 0.000000612. The number of aryl methyl sites for hydroxylation is 1. The zero-order chi connectivity index (χ0) is 15.4. The molecule has 0 amide bonds. The lowest BCUT2D eigenvalue weighted by Crippen LogP contribution is -2.36. The molecule has 0 fully saturated rings. The van der Waals surface area contributed by atoms with E-state index in [2.05, 4.69) is 9.97 Å². The van der Waals surface area contributed by atoms with Gasteiger partial charge in [-0.25, -0.2) is 9.78 Å². The Hall–Kier alpha value is -2.20. The molecule has 0 aromatic carbocycles. The fraction of sp³-hybridized carbons (Fsp3) is 0.400. The van der Waals surface area contributed by atoms with Crippen molar-refractivity contribution in [2.75, 3.05) is 0 Å². The maximum atomic E-state index is 11.7. The fourth-order valence-electron chi connectivity index (χ4n) is 1.60. The molecule has 110 valence electrons. The predicted octanol–water partition coefficient (Wildman–Crippen LogP) is -2.30. The van der Waals surface area contributed by atoms with Crippen molar-refractivity contribution in [2.45, 2.75) is 13.0 Å². The van der Waals surface area contributed by atoms with Crippen molar-refractivity contribution in [1.29, 1.82) is 0 Å². The highest BCUT2D eigenvalue weighted by Gasteiger charge is 2.14. The van der Waals surface area contributed by atoms with E-state index in [1.54, 1.807) is 0 Å². The van der Waals surface area contributed by atoms with Crippen molar-refractivity contribution in [3.05, 3.63) is 26.7 Å². The number of nitrogens with one attached hydrogen (secondary N) is 1. The highest BCUT2D eigenvalue weighted by molar-refractivity contribution is 6.22. The molecule has 0 aliphatic heterocycles. The molecule has 2 aromatic heterocycles. The largest absolute Gasteiger partial charge is 0.481 e. The first kappa shape index (κ1) is 15.9. The number of hydrogen-bond donors (Lipinski definition) is 3. The van der Waals surface area contributed by atoms with E-state index < -0.39 is 27.0 Å². The average molecular weight is 300 g/mol. The maximum Gasteiger partial charge on any atom is 0.332 e. The van der Waals surface area contributed by atoms with E-state index in [-0.39, 0.29) is 23.4 Å². The van der Waals surface area contributed by atoms with Crippen LogP contribution in [0.15, 0.2) is 9.59 Å². The van der Waals surface area contributed by atoms with Gasteiger partial charge in [0.25, 0.3) is 5.56 Å². The van der Waals surface area contributed by atoms with Crippen LogP contribution in [0.1, 0.15) is 5.82 Å². The molecule has 0 atom stereocenters. The van der Waals surface area contributed by atoms with Crippen LogP contribution in [0.25, 0.3) is 11.2 Å². The zero-order valence-corrected chi connectivity index (χ0v) is 12.8. The highest BCUT2D eigenvalue weighted by Crippen LogP contribution is 2.04. The number of aliphatic carboxylic acids is 1. The van der Waals surface area contributed by atoms with Crippen LogP contribution >= 0.6 is 0 Å². The molecule has 0 radical (unpaired) electrons. The van der Waals surface area contributed by atoms with Crippen molar-refractivity contribution < 1.29 is 14.7 Å². The van der Waals surface area contributed by atoms with Gasteiger partial charge in [-0.15, -0.1) is 0 Å². The number of carboxylic acid groups (broad SMARTS) is 1. The van der Waals surface area contributed by atoms with E-state index in [1.807, 2.05) is 6.55 Å². The van der Waals surface area contributed by atoms with Gasteiger partial charge in [-0.05, 0) is 0 Å². The van der Waals surface area contributed by atoms with Crippen molar-refractivity contribution in [1.82, 2.24) is 19.1 Å². The number of carbonyl (C=O) groups is 1. The SMILES string of the molecule is C[SiH2]O.Cn1c(=O)c2[nH]c(CC(=O)O)nc2n(C)c1=O. The smallest absolute Gasteiger partial charge is 0.332 e. The van der Waals surface area contributed by atoms with Crippen LogP contribution in [0.5, 0.6) is 0 Å². The Morgan fingerprint density at radius 3 is 2.40 bits per heavy atom. The van der Waals surface area contributed by atoms with Crippen LogP contribution < -0.4 is 11.2 Å². The second-order valence-corrected chi connectivity index (χ2v) is 4.61. The minimum atomic E-state index is -1.06. The Bertz CT molecular complexity index is 744. The van der Waals surface area contributed by atoms with E-state index in [0.717, 1.165) is 4.57 Å². The maximum absolute atomic E-state index is 11.7. The Morgan fingerprint density at radius 1 is 1.35 bits per heavy atom.